The molecule has 3 unspecified atom stereocenters. The lowest BCUT2D eigenvalue weighted by Crippen LogP contribution is -2.61. The molecule has 0 aromatic rings. The van der Waals surface area contributed by atoms with Gasteiger partial charge < -0.3 is 10.6 Å². The molecule has 1 heterocycles. The van der Waals surface area contributed by atoms with Crippen LogP contribution in [-0.4, -0.2) is 28.9 Å². The lowest BCUT2D eigenvalue weighted by atomic mass is 9.69. The number of carbonyl (C=O) groups is 1. The van der Waals surface area contributed by atoms with Crippen LogP contribution in [0, 0.1) is 17.3 Å². The number of piperidine rings is 1. The molecule has 0 aromatic carbocycles. The normalized spacial score (nSPS) is 31.9. The highest BCUT2D eigenvalue weighted by Crippen LogP contribution is 2.41. The van der Waals surface area contributed by atoms with Gasteiger partial charge in [0.25, 0.3) is 0 Å². The van der Waals surface area contributed by atoms with Crippen LogP contribution in [0.15, 0.2) is 0 Å². The van der Waals surface area contributed by atoms with Gasteiger partial charge >= 0.3 is 0 Å². The first-order valence-corrected chi connectivity index (χ1v) is 8.26. The first kappa shape index (κ1) is 15.8. The van der Waals surface area contributed by atoms with E-state index in [-0.39, 0.29) is 5.91 Å². The molecule has 3 heteroatoms. The van der Waals surface area contributed by atoms with Crippen molar-refractivity contribution in [2.75, 3.05) is 6.54 Å². The molecular weight excluding hydrogens is 248 g/mol. The third-order valence-corrected chi connectivity index (χ3v) is 6.14. The van der Waals surface area contributed by atoms with Gasteiger partial charge in [-0.25, -0.2) is 0 Å². The maximum absolute atomic E-state index is 13.1. The van der Waals surface area contributed by atoms with Crippen molar-refractivity contribution < 1.29 is 4.79 Å². The average molecular weight is 280 g/mol. The zero-order valence-corrected chi connectivity index (χ0v) is 13.9. The SMILES string of the molecule is CC1CCN(C(=O)C(C)(C)C(C)(C)N)C2CCCCC12. The van der Waals surface area contributed by atoms with E-state index in [0.717, 1.165) is 18.9 Å². The van der Waals surface area contributed by atoms with E-state index in [1.54, 1.807) is 0 Å². The lowest BCUT2D eigenvalue weighted by Gasteiger charge is -2.51. The number of hydrogen-bond donors (Lipinski definition) is 1. The molecule has 3 atom stereocenters. The Labute approximate surface area is 124 Å². The van der Waals surface area contributed by atoms with Gasteiger partial charge in [-0.15, -0.1) is 0 Å². The van der Waals surface area contributed by atoms with E-state index >= 15 is 0 Å². The fourth-order valence-electron chi connectivity index (χ4n) is 3.80. The van der Waals surface area contributed by atoms with Crippen LogP contribution in [0.2, 0.25) is 0 Å². The zero-order valence-electron chi connectivity index (χ0n) is 13.9. The summed E-state index contributed by atoms with van der Waals surface area (Å²) in [6.07, 6.45) is 6.22. The van der Waals surface area contributed by atoms with Gasteiger partial charge in [0, 0.05) is 18.1 Å². The predicted octanol–water partition coefficient (Wildman–Crippen LogP) is 3.18. The Morgan fingerprint density at radius 2 is 1.70 bits per heavy atom. The summed E-state index contributed by atoms with van der Waals surface area (Å²) in [5, 5.41) is 0. The van der Waals surface area contributed by atoms with Crippen molar-refractivity contribution >= 4 is 5.91 Å². The van der Waals surface area contributed by atoms with E-state index in [0.29, 0.717) is 12.0 Å². The summed E-state index contributed by atoms with van der Waals surface area (Å²) in [6.45, 7) is 11.2. The molecule has 1 aliphatic heterocycles. The standard InChI is InChI=1S/C17H32N2O/c1-12-10-11-19(14-9-7-6-8-13(12)14)15(20)16(2,3)17(4,5)18/h12-14H,6-11,18H2,1-5H3. The summed E-state index contributed by atoms with van der Waals surface area (Å²) in [7, 11) is 0. The molecule has 0 aromatic heterocycles. The molecule has 0 bridgehead atoms. The first-order chi connectivity index (χ1) is 9.16. The third-order valence-electron chi connectivity index (χ3n) is 6.14. The van der Waals surface area contributed by atoms with Crippen molar-refractivity contribution in [1.82, 2.24) is 4.90 Å². The minimum Gasteiger partial charge on any atom is -0.339 e. The second-order valence-corrected chi connectivity index (χ2v) is 8.13. The summed E-state index contributed by atoms with van der Waals surface area (Å²) in [6, 6.07) is 0.460. The van der Waals surface area contributed by atoms with Crippen LogP contribution in [0.5, 0.6) is 0 Å². The topological polar surface area (TPSA) is 46.3 Å². The highest BCUT2D eigenvalue weighted by molar-refractivity contribution is 5.84. The summed E-state index contributed by atoms with van der Waals surface area (Å²) in [4.78, 5) is 15.3. The largest absolute Gasteiger partial charge is 0.339 e. The molecule has 2 fully saturated rings. The zero-order chi connectivity index (χ0) is 15.1. The summed E-state index contributed by atoms with van der Waals surface area (Å²) < 4.78 is 0. The number of fused-ring (bicyclic) bond motifs is 1. The second-order valence-electron chi connectivity index (χ2n) is 8.13. The Morgan fingerprint density at radius 3 is 2.30 bits per heavy atom. The molecule has 0 spiro atoms. The van der Waals surface area contributed by atoms with Crippen molar-refractivity contribution in [1.29, 1.82) is 0 Å². The predicted molar refractivity (Wildman–Crippen MR) is 83.3 cm³/mol. The Morgan fingerprint density at radius 1 is 1.10 bits per heavy atom. The Hall–Kier alpha value is -0.570. The molecule has 0 radical (unpaired) electrons. The molecule has 2 N–H and O–H groups in total. The molecular formula is C17H32N2O. The van der Waals surface area contributed by atoms with Gasteiger partial charge in [0.05, 0.1) is 5.41 Å². The van der Waals surface area contributed by atoms with Crippen molar-refractivity contribution in [3.63, 3.8) is 0 Å². The fraction of sp³-hybridized carbons (Fsp3) is 0.941. The Balaban J connectivity index is 2.21. The number of amides is 1. The monoisotopic (exact) mass is 280 g/mol. The minimum absolute atomic E-state index is 0.258. The lowest BCUT2D eigenvalue weighted by molar-refractivity contribution is -0.151. The molecule has 1 saturated heterocycles. The summed E-state index contributed by atoms with van der Waals surface area (Å²) >= 11 is 0. The Kier molecular flexibility index (Phi) is 4.21. The highest BCUT2D eigenvalue weighted by atomic mass is 16.2. The van der Waals surface area contributed by atoms with E-state index in [2.05, 4.69) is 11.8 Å². The highest BCUT2D eigenvalue weighted by Gasteiger charge is 2.47. The number of nitrogens with zero attached hydrogens (tertiary/aromatic N) is 1. The smallest absolute Gasteiger partial charge is 0.230 e. The van der Waals surface area contributed by atoms with Gasteiger partial charge in [0.2, 0.25) is 5.91 Å². The summed E-state index contributed by atoms with van der Waals surface area (Å²) in [5.41, 5.74) is 5.28. The number of hydrogen-bond acceptors (Lipinski definition) is 2. The van der Waals surface area contributed by atoms with Crippen LogP contribution in [0.3, 0.4) is 0 Å². The van der Waals surface area contributed by atoms with Gasteiger partial charge in [-0.1, -0.05) is 19.8 Å². The van der Waals surface area contributed by atoms with Crippen molar-refractivity contribution in [3.05, 3.63) is 0 Å². The number of carbonyl (C=O) groups excluding carboxylic acids is 1. The summed E-state index contributed by atoms with van der Waals surface area (Å²) in [5.74, 6) is 1.73. The quantitative estimate of drug-likeness (QED) is 0.844. The van der Waals surface area contributed by atoms with Crippen LogP contribution < -0.4 is 5.73 Å². The Bertz CT molecular complexity index is 370. The van der Waals surface area contributed by atoms with Crippen molar-refractivity contribution in [2.45, 2.75) is 78.3 Å². The maximum Gasteiger partial charge on any atom is 0.230 e. The van der Waals surface area contributed by atoms with Crippen LogP contribution in [0.25, 0.3) is 0 Å². The number of nitrogens with two attached hydrogens (primary N) is 1. The molecule has 116 valence electrons. The molecule has 1 amide bonds. The van der Waals surface area contributed by atoms with Crippen LogP contribution in [0.4, 0.5) is 0 Å². The second kappa shape index (κ2) is 5.32. The first-order valence-electron chi connectivity index (χ1n) is 8.26. The van der Waals surface area contributed by atoms with Gasteiger partial charge in [-0.2, -0.15) is 0 Å². The number of rotatable bonds is 2. The van der Waals surface area contributed by atoms with Gasteiger partial charge in [-0.05, 0) is 58.8 Å². The van der Waals surface area contributed by atoms with Gasteiger partial charge in [0.15, 0.2) is 0 Å². The van der Waals surface area contributed by atoms with Gasteiger partial charge in [-0.3, -0.25) is 4.79 Å². The van der Waals surface area contributed by atoms with Gasteiger partial charge in [0.1, 0.15) is 0 Å². The molecule has 1 saturated carbocycles. The van der Waals surface area contributed by atoms with Crippen LogP contribution in [0.1, 0.15) is 66.7 Å². The minimum atomic E-state index is -0.504. The van der Waals surface area contributed by atoms with E-state index < -0.39 is 11.0 Å². The fourth-order valence-corrected chi connectivity index (χ4v) is 3.80. The maximum atomic E-state index is 13.1. The molecule has 2 rings (SSSR count). The molecule has 3 nitrogen and oxygen atoms in total. The molecule has 2 aliphatic rings. The van der Waals surface area contributed by atoms with E-state index in [9.17, 15) is 4.79 Å². The van der Waals surface area contributed by atoms with E-state index in [4.69, 9.17) is 5.73 Å². The molecule has 20 heavy (non-hydrogen) atoms. The molecule has 1 aliphatic carbocycles. The van der Waals surface area contributed by atoms with E-state index in [1.165, 1.54) is 25.7 Å². The van der Waals surface area contributed by atoms with Crippen LogP contribution >= 0.6 is 0 Å². The van der Waals surface area contributed by atoms with E-state index in [1.807, 2.05) is 27.7 Å². The third kappa shape index (κ3) is 2.61. The number of likely N-dealkylation sites (tertiary alicyclic amines) is 1. The van der Waals surface area contributed by atoms with Crippen molar-refractivity contribution in [2.24, 2.45) is 23.0 Å². The average Bonchev–Trinajstić information content (AvgIpc) is 2.37. The van der Waals surface area contributed by atoms with Crippen LogP contribution in [-0.2, 0) is 4.79 Å². The van der Waals surface area contributed by atoms with Crippen molar-refractivity contribution in [3.8, 4) is 0 Å².